The van der Waals surface area contributed by atoms with Crippen molar-refractivity contribution in [1.29, 1.82) is 0 Å². The van der Waals surface area contributed by atoms with Crippen LogP contribution in [-0.4, -0.2) is 15.8 Å². The second-order valence-corrected chi connectivity index (χ2v) is 4.47. The number of benzene rings is 1. The zero-order valence-electron chi connectivity index (χ0n) is 9.30. The number of thioether (sulfide) groups is 1. The highest BCUT2D eigenvalue weighted by atomic mass is 32.2. The molecule has 0 aromatic heterocycles. The first-order valence-corrected chi connectivity index (χ1v) is 5.95. The van der Waals surface area contributed by atoms with Crippen molar-refractivity contribution in [1.82, 2.24) is 0 Å². The van der Waals surface area contributed by atoms with Crippen LogP contribution in [0.5, 0.6) is 0 Å². The van der Waals surface area contributed by atoms with Gasteiger partial charge >= 0.3 is 0 Å². The summed E-state index contributed by atoms with van der Waals surface area (Å²) in [4.78, 5) is 20.6. The fourth-order valence-corrected chi connectivity index (χ4v) is 1.57. The van der Waals surface area contributed by atoms with E-state index >= 15 is 0 Å². The molecule has 1 aromatic carbocycles. The van der Waals surface area contributed by atoms with E-state index in [0.717, 1.165) is 5.56 Å². The van der Waals surface area contributed by atoms with Crippen LogP contribution < -0.4 is 0 Å². The van der Waals surface area contributed by atoms with Crippen molar-refractivity contribution in [3.8, 4) is 11.8 Å². The molecule has 0 amide bonds. The summed E-state index contributed by atoms with van der Waals surface area (Å²) < 4.78 is 0. The molecule has 0 aliphatic heterocycles. The quantitative estimate of drug-likeness (QED) is 0.357. The molecule has 0 fully saturated rings. The van der Waals surface area contributed by atoms with Gasteiger partial charge in [-0.05, 0) is 12.1 Å². The third kappa shape index (κ3) is 5.18. The molecule has 0 radical (unpaired) electrons. The lowest BCUT2D eigenvalue weighted by Gasteiger charge is -1.91. The van der Waals surface area contributed by atoms with Crippen LogP contribution in [0.25, 0.3) is 0 Å². The predicted octanol–water partition coefficient (Wildman–Crippen LogP) is 2.62. The minimum absolute atomic E-state index is 0.0580. The molecule has 0 N–H and O–H groups in total. The third-order valence-electron chi connectivity index (χ3n) is 1.84. The Bertz CT molecular complexity index is 471. The SMILES string of the molecule is CC(=O)SCCC#Cc1ccc([N+](=O)[O-])cc1. The van der Waals surface area contributed by atoms with Gasteiger partial charge in [0.25, 0.3) is 5.69 Å². The molecule has 0 unspecified atom stereocenters. The van der Waals surface area contributed by atoms with Gasteiger partial charge in [-0.25, -0.2) is 0 Å². The highest BCUT2D eigenvalue weighted by Gasteiger charge is 2.01. The van der Waals surface area contributed by atoms with E-state index in [1.165, 1.54) is 30.8 Å². The van der Waals surface area contributed by atoms with Gasteiger partial charge in [0, 0.05) is 36.8 Å². The summed E-state index contributed by atoms with van der Waals surface area (Å²) in [6.07, 6.45) is 0.626. The second kappa shape index (κ2) is 6.71. The molecule has 1 rings (SSSR count). The van der Waals surface area contributed by atoms with Gasteiger partial charge < -0.3 is 0 Å². The topological polar surface area (TPSA) is 60.2 Å². The van der Waals surface area contributed by atoms with E-state index in [4.69, 9.17) is 0 Å². The zero-order chi connectivity index (χ0) is 12.7. The van der Waals surface area contributed by atoms with Crippen LogP contribution in [0, 0.1) is 22.0 Å². The van der Waals surface area contributed by atoms with Crippen molar-refractivity contribution < 1.29 is 9.72 Å². The Hall–Kier alpha value is -1.80. The lowest BCUT2D eigenvalue weighted by atomic mass is 10.2. The average molecular weight is 249 g/mol. The Morgan fingerprint density at radius 1 is 1.41 bits per heavy atom. The van der Waals surface area contributed by atoms with E-state index in [1.54, 1.807) is 12.1 Å². The van der Waals surface area contributed by atoms with E-state index in [1.807, 2.05) is 0 Å². The van der Waals surface area contributed by atoms with Gasteiger partial charge in [-0.15, -0.1) is 0 Å². The van der Waals surface area contributed by atoms with Crippen molar-refractivity contribution in [3.63, 3.8) is 0 Å². The number of hydrogen-bond acceptors (Lipinski definition) is 4. The first-order chi connectivity index (χ1) is 8.09. The molecule has 17 heavy (non-hydrogen) atoms. The zero-order valence-corrected chi connectivity index (χ0v) is 10.1. The molecule has 0 heterocycles. The Morgan fingerprint density at radius 2 is 2.06 bits per heavy atom. The van der Waals surface area contributed by atoms with Crippen LogP contribution in [0.1, 0.15) is 18.9 Å². The number of rotatable bonds is 3. The maximum atomic E-state index is 10.6. The Balaban J connectivity index is 2.49. The molecular weight excluding hydrogens is 238 g/mol. The first kappa shape index (κ1) is 13.3. The number of nitro benzene ring substituents is 1. The fourth-order valence-electron chi connectivity index (χ4n) is 1.08. The molecular formula is C12H11NO3S. The van der Waals surface area contributed by atoms with Gasteiger partial charge in [-0.1, -0.05) is 23.6 Å². The molecule has 0 saturated carbocycles. The van der Waals surface area contributed by atoms with Crippen LogP contribution >= 0.6 is 11.8 Å². The molecule has 0 spiro atoms. The number of carbonyl (C=O) groups is 1. The standard InChI is InChI=1S/C12H11NO3S/c1-10(14)17-9-3-2-4-11-5-7-12(8-6-11)13(15)16/h5-8H,3,9H2,1H3. The van der Waals surface area contributed by atoms with Gasteiger partial charge in [-0.2, -0.15) is 0 Å². The summed E-state index contributed by atoms with van der Waals surface area (Å²) in [7, 11) is 0. The van der Waals surface area contributed by atoms with Crippen molar-refractivity contribution in [2.24, 2.45) is 0 Å². The fraction of sp³-hybridized carbons (Fsp3) is 0.250. The molecule has 1 aromatic rings. The minimum atomic E-state index is -0.444. The highest BCUT2D eigenvalue weighted by Crippen LogP contribution is 2.11. The number of carbonyl (C=O) groups excluding carboxylic acids is 1. The highest BCUT2D eigenvalue weighted by molar-refractivity contribution is 8.13. The van der Waals surface area contributed by atoms with E-state index in [0.29, 0.717) is 12.2 Å². The molecule has 0 atom stereocenters. The van der Waals surface area contributed by atoms with Crippen LogP contribution in [0.15, 0.2) is 24.3 Å². The molecule has 0 bridgehead atoms. The van der Waals surface area contributed by atoms with Crippen molar-refractivity contribution >= 4 is 22.6 Å². The van der Waals surface area contributed by atoms with E-state index in [2.05, 4.69) is 11.8 Å². The normalized spacial score (nSPS) is 9.24. The summed E-state index contributed by atoms with van der Waals surface area (Å²) in [6.45, 7) is 1.52. The molecule has 0 aliphatic carbocycles. The monoisotopic (exact) mass is 249 g/mol. The maximum absolute atomic E-state index is 10.6. The molecule has 4 nitrogen and oxygen atoms in total. The van der Waals surface area contributed by atoms with Gasteiger partial charge in [0.05, 0.1) is 4.92 Å². The van der Waals surface area contributed by atoms with Gasteiger partial charge in [0.2, 0.25) is 0 Å². The predicted molar refractivity (Wildman–Crippen MR) is 67.7 cm³/mol. The smallest absolute Gasteiger partial charge is 0.269 e. The third-order valence-corrected chi connectivity index (χ3v) is 2.66. The number of non-ortho nitro benzene ring substituents is 1. The van der Waals surface area contributed by atoms with E-state index < -0.39 is 4.92 Å². The van der Waals surface area contributed by atoms with Crippen molar-refractivity contribution in [3.05, 3.63) is 39.9 Å². The van der Waals surface area contributed by atoms with Crippen LogP contribution in [-0.2, 0) is 4.79 Å². The largest absolute Gasteiger partial charge is 0.288 e. The lowest BCUT2D eigenvalue weighted by molar-refractivity contribution is -0.384. The van der Waals surface area contributed by atoms with E-state index in [9.17, 15) is 14.9 Å². The van der Waals surface area contributed by atoms with E-state index in [-0.39, 0.29) is 10.8 Å². The van der Waals surface area contributed by atoms with Crippen molar-refractivity contribution in [2.45, 2.75) is 13.3 Å². The summed E-state index contributed by atoms with van der Waals surface area (Å²) in [6, 6.07) is 6.08. The van der Waals surface area contributed by atoms with Gasteiger partial charge in [0.1, 0.15) is 0 Å². The van der Waals surface area contributed by atoms with Crippen molar-refractivity contribution in [2.75, 3.05) is 5.75 Å². The Morgan fingerprint density at radius 3 is 2.59 bits per heavy atom. The minimum Gasteiger partial charge on any atom is -0.288 e. The molecule has 88 valence electrons. The molecule has 0 aliphatic rings. The first-order valence-electron chi connectivity index (χ1n) is 4.96. The van der Waals surface area contributed by atoms with Crippen LogP contribution in [0.2, 0.25) is 0 Å². The van der Waals surface area contributed by atoms with Crippen LogP contribution in [0.4, 0.5) is 5.69 Å². The molecule has 5 heteroatoms. The Kier molecular flexibility index (Phi) is 5.24. The summed E-state index contributed by atoms with van der Waals surface area (Å²) >= 11 is 1.24. The van der Waals surface area contributed by atoms with Crippen LogP contribution in [0.3, 0.4) is 0 Å². The Labute approximate surface area is 104 Å². The van der Waals surface area contributed by atoms with Gasteiger partial charge in [0.15, 0.2) is 5.12 Å². The lowest BCUT2D eigenvalue weighted by Crippen LogP contribution is -1.87. The average Bonchev–Trinajstić information content (AvgIpc) is 2.29. The number of hydrogen-bond donors (Lipinski definition) is 0. The summed E-state index contributed by atoms with van der Waals surface area (Å²) in [5, 5.41) is 10.5. The maximum Gasteiger partial charge on any atom is 0.269 e. The summed E-state index contributed by atoms with van der Waals surface area (Å²) in [5.41, 5.74) is 0.797. The second-order valence-electron chi connectivity index (χ2n) is 3.20. The number of nitro groups is 1. The van der Waals surface area contributed by atoms with Gasteiger partial charge in [-0.3, -0.25) is 14.9 Å². The molecule has 0 saturated heterocycles. The number of nitrogens with zero attached hydrogens (tertiary/aromatic N) is 1. The summed E-state index contributed by atoms with van der Waals surface area (Å²) in [5.74, 6) is 6.48.